The Balaban J connectivity index is 2.19. The maximum absolute atomic E-state index is 11.9. The molecule has 0 atom stereocenters. The summed E-state index contributed by atoms with van der Waals surface area (Å²) in [4.78, 5) is 22.0. The number of H-pyrrole nitrogens is 1. The molecule has 0 radical (unpaired) electrons. The van der Waals surface area contributed by atoms with Crippen LogP contribution in [-0.4, -0.2) is 21.0 Å². The number of hydrogen-bond acceptors (Lipinski definition) is 5. The van der Waals surface area contributed by atoms with Gasteiger partial charge in [0.2, 0.25) is 0 Å². The maximum atomic E-state index is 11.9. The number of amides is 1. The minimum absolute atomic E-state index is 0.0346. The number of carbonyl (C=O) groups excluding carboxylic acids is 1. The van der Waals surface area contributed by atoms with Crippen molar-refractivity contribution in [3.8, 4) is 0 Å². The van der Waals surface area contributed by atoms with Crippen molar-refractivity contribution in [2.45, 2.75) is 6.54 Å². The Morgan fingerprint density at radius 2 is 2.30 bits per heavy atom. The van der Waals surface area contributed by atoms with E-state index in [1.807, 2.05) is 0 Å². The zero-order valence-corrected chi connectivity index (χ0v) is 10.8. The molecule has 1 aromatic heterocycles. The smallest absolute Gasteiger partial charge is 0.294 e. The van der Waals surface area contributed by atoms with E-state index in [9.17, 15) is 14.9 Å². The van der Waals surface area contributed by atoms with E-state index in [-0.39, 0.29) is 22.8 Å². The van der Waals surface area contributed by atoms with Gasteiger partial charge in [0, 0.05) is 29.9 Å². The number of halogens is 1. The molecule has 0 spiro atoms. The Morgan fingerprint density at radius 1 is 1.55 bits per heavy atom. The molecule has 1 heterocycles. The van der Waals surface area contributed by atoms with Crippen LogP contribution in [0.5, 0.6) is 0 Å². The van der Waals surface area contributed by atoms with E-state index in [1.165, 1.54) is 6.07 Å². The number of nitrogen functional groups attached to an aromatic ring is 1. The van der Waals surface area contributed by atoms with Crippen LogP contribution in [0.15, 0.2) is 24.5 Å². The number of carbonyl (C=O) groups is 1. The molecule has 8 nitrogen and oxygen atoms in total. The monoisotopic (exact) mass is 295 g/mol. The van der Waals surface area contributed by atoms with Gasteiger partial charge in [-0.25, -0.2) is 0 Å². The molecule has 0 unspecified atom stereocenters. The van der Waals surface area contributed by atoms with Crippen molar-refractivity contribution in [1.82, 2.24) is 15.5 Å². The highest BCUT2D eigenvalue weighted by Gasteiger charge is 2.19. The fraction of sp³-hybridized carbons (Fsp3) is 0.0909. The highest BCUT2D eigenvalue weighted by Crippen LogP contribution is 2.30. The minimum atomic E-state index is -0.686. The SMILES string of the molecule is Nc1c(Cl)cc(C(=O)NCc2cn[nH]c2)cc1[N+](=O)[O-]. The third-order valence-electron chi connectivity index (χ3n) is 2.57. The summed E-state index contributed by atoms with van der Waals surface area (Å²) < 4.78 is 0. The topological polar surface area (TPSA) is 127 Å². The summed E-state index contributed by atoms with van der Waals surface area (Å²) in [5, 5.41) is 19.7. The molecule has 0 aliphatic carbocycles. The fourth-order valence-corrected chi connectivity index (χ4v) is 1.76. The summed E-state index contributed by atoms with van der Waals surface area (Å²) >= 11 is 5.78. The normalized spacial score (nSPS) is 10.2. The predicted octanol–water partition coefficient (Wildman–Crippen LogP) is 1.48. The van der Waals surface area contributed by atoms with E-state index in [1.54, 1.807) is 12.4 Å². The number of nitrogens with two attached hydrogens (primary N) is 1. The molecule has 0 aliphatic rings. The number of anilines is 1. The highest BCUT2D eigenvalue weighted by molar-refractivity contribution is 6.34. The summed E-state index contributed by atoms with van der Waals surface area (Å²) in [5.74, 6) is -0.490. The van der Waals surface area contributed by atoms with Crippen LogP contribution in [0.1, 0.15) is 15.9 Å². The zero-order valence-electron chi connectivity index (χ0n) is 10.1. The first-order valence-corrected chi connectivity index (χ1v) is 5.86. The zero-order chi connectivity index (χ0) is 14.7. The summed E-state index contributed by atoms with van der Waals surface area (Å²) in [6, 6.07) is 2.38. The quantitative estimate of drug-likeness (QED) is 0.447. The van der Waals surface area contributed by atoms with Gasteiger partial charge >= 0.3 is 0 Å². The molecule has 0 saturated carbocycles. The first-order chi connectivity index (χ1) is 9.49. The summed E-state index contributed by atoms with van der Waals surface area (Å²) in [6.45, 7) is 0.241. The Bertz CT molecular complexity index is 656. The van der Waals surface area contributed by atoms with Gasteiger partial charge in [0.25, 0.3) is 11.6 Å². The molecule has 0 saturated heterocycles. The lowest BCUT2D eigenvalue weighted by Crippen LogP contribution is -2.22. The lowest BCUT2D eigenvalue weighted by atomic mass is 10.1. The Morgan fingerprint density at radius 3 is 2.90 bits per heavy atom. The van der Waals surface area contributed by atoms with Crippen LogP contribution in [0.4, 0.5) is 11.4 Å². The van der Waals surface area contributed by atoms with Crippen LogP contribution in [0.25, 0.3) is 0 Å². The number of rotatable bonds is 4. The average molecular weight is 296 g/mol. The lowest BCUT2D eigenvalue weighted by Gasteiger charge is -2.06. The average Bonchev–Trinajstić information content (AvgIpc) is 2.91. The molecule has 2 rings (SSSR count). The van der Waals surface area contributed by atoms with Crippen LogP contribution >= 0.6 is 11.6 Å². The van der Waals surface area contributed by atoms with E-state index < -0.39 is 16.5 Å². The first kappa shape index (κ1) is 13.8. The molecular weight excluding hydrogens is 286 g/mol. The molecule has 20 heavy (non-hydrogen) atoms. The minimum Gasteiger partial charge on any atom is -0.392 e. The summed E-state index contributed by atoms with van der Waals surface area (Å²) in [7, 11) is 0. The first-order valence-electron chi connectivity index (χ1n) is 5.48. The second kappa shape index (κ2) is 5.57. The number of nitrogens with one attached hydrogen (secondary N) is 2. The van der Waals surface area contributed by atoms with E-state index in [4.69, 9.17) is 17.3 Å². The van der Waals surface area contributed by atoms with Crippen LogP contribution in [0, 0.1) is 10.1 Å². The Hall–Kier alpha value is -2.61. The van der Waals surface area contributed by atoms with E-state index in [0.717, 1.165) is 11.6 Å². The van der Waals surface area contributed by atoms with Gasteiger partial charge in [-0.15, -0.1) is 0 Å². The second-order valence-electron chi connectivity index (χ2n) is 3.94. The third kappa shape index (κ3) is 2.86. The van der Waals surface area contributed by atoms with Crippen molar-refractivity contribution >= 4 is 28.9 Å². The number of benzene rings is 1. The number of nitrogens with zero attached hydrogens (tertiary/aromatic N) is 2. The molecule has 1 amide bonds. The fourth-order valence-electron chi connectivity index (χ4n) is 1.54. The molecule has 0 aliphatic heterocycles. The van der Waals surface area contributed by atoms with E-state index in [0.29, 0.717) is 0 Å². The standard InChI is InChI=1S/C11H10ClN5O3/c12-8-1-7(2-9(10(8)13)17(19)20)11(18)14-3-6-4-15-16-5-6/h1-2,4-5H,3,13H2,(H,14,18)(H,15,16). The van der Waals surface area contributed by atoms with Gasteiger partial charge in [0.05, 0.1) is 16.1 Å². The number of nitro benzene ring substituents is 1. The number of nitro groups is 1. The molecular formula is C11H10ClN5O3. The summed E-state index contributed by atoms with van der Waals surface area (Å²) in [5.41, 5.74) is 5.77. The molecule has 0 bridgehead atoms. The molecule has 104 valence electrons. The van der Waals surface area contributed by atoms with Crippen LogP contribution < -0.4 is 11.1 Å². The van der Waals surface area contributed by atoms with Crippen molar-refractivity contribution in [2.24, 2.45) is 0 Å². The lowest BCUT2D eigenvalue weighted by molar-refractivity contribution is -0.383. The number of aromatic nitrogens is 2. The molecule has 1 aromatic carbocycles. The number of aromatic amines is 1. The summed E-state index contributed by atoms with van der Waals surface area (Å²) in [6.07, 6.45) is 3.18. The maximum Gasteiger partial charge on any atom is 0.294 e. The van der Waals surface area contributed by atoms with Crippen molar-refractivity contribution < 1.29 is 9.72 Å². The molecule has 0 fully saturated rings. The molecule has 2 aromatic rings. The van der Waals surface area contributed by atoms with Gasteiger partial charge in [-0.05, 0) is 6.07 Å². The van der Waals surface area contributed by atoms with Crippen molar-refractivity contribution in [3.63, 3.8) is 0 Å². The van der Waals surface area contributed by atoms with Crippen molar-refractivity contribution in [1.29, 1.82) is 0 Å². The van der Waals surface area contributed by atoms with Crippen LogP contribution in [0.3, 0.4) is 0 Å². The predicted molar refractivity (Wildman–Crippen MR) is 72.3 cm³/mol. The Kier molecular flexibility index (Phi) is 3.85. The molecule has 9 heteroatoms. The van der Waals surface area contributed by atoms with Crippen LogP contribution in [-0.2, 0) is 6.54 Å². The molecule has 4 N–H and O–H groups in total. The van der Waals surface area contributed by atoms with Gasteiger partial charge in [0.1, 0.15) is 5.69 Å². The highest BCUT2D eigenvalue weighted by atomic mass is 35.5. The van der Waals surface area contributed by atoms with E-state index in [2.05, 4.69) is 15.5 Å². The number of hydrogen-bond donors (Lipinski definition) is 3. The van der Waals surface area contributed by atoms with Gasteiger partial charge in [-0.1, -0.05) is 11.6 Å². The van der Waals surface area contributed by atoms with Gasteiger partial charge < -0.3 is 11.1 Å². The van der Waals surface area contributed by atoms with Gasteiger partial charge in [0.15, 0.2) is 0 Å². The second-order valence-corrected chi connectivity index (χ2v) is 4.34. The van der Waals surface area contributed by atoms with Crippen molar-refractivity contribution in [3.05, 3.63) is 50.8 Å². The Labute approximate surface area is 118 Å². The van der Waals surface area contributed by atoms with Crippen molar-refractivity contribution in [2.75, 3.05) is 5.73 Å². The van der Waals surface area contributed by atoms with Gasteiger partial charge in [-0.2, -0.15) is 5.10 Å². The van der Waals surface area contributed by atoms with Gasteiger partial charge in [-0.3, -0.25) is 20.0 Å². The largest absolute Gasteiger partial charge is 0.392 e. The third-order valence-corrected chi connectivity index (χ3v) is 2.89. The van der Waals surface area contributed by atoms with E-state index >= 15 is 0 Å². The van der Waals surface area contributed by atoms with Crippen LogP contribution in [0.2, 0.25) is 5.02 Å².